The van der Waals surface area contributed by atoms with Crippen molar-refractivity contribution in [2.75, 3.05) is 33.5 Å². The van der Waals surface area contributed by atoms with E-state index in [1.165, 1.54) is 78.0 Å². The number of nitrogens with zero attached hydrogens (tertiary/aromatic N) is 2. The predicted molar refractivity (Wildman–Crippen MR) is 144 cm³/mol. The van der Waals surface area contributed by atoms with Crippen molar-refractivity contribution in [3.8, 4) is 0 Å². The van der Waals surface area contributed by atoms with Crippen LogP contribution in [0, 0.1) is 10.8 Å². The first kappa shape index (κ1) is 31.3. The van der Waals surface area contributed by atoms with E-state index in [1.807, 2.05) is 27.7 Å². The largest absolute Gasteiger partial charge is 0.469 e. The Balaban J connectivity index is 2.01. The molecule has 0 radical (unpaired) electrons. The van der Waals surface area contributed by atoms with Gasteiger partial charge in [0.25, 0.3) is 0 Å². The molecule has 0 spiro atoms. The molecule has 0 saturated heterocycles. The third-order valence-electron chi connectivity index (χ3n) is 7.32. The molecule has 1 atom stereocenters. The average molecular weight is 495 g/mol. The minimum Gasteiger partial charge on any atom is -0.469 e. The van der Waals surface area contributed by atoms with E-state index in [-0.39, 0.29) is 11.9 Å². The number of hydrogen-bond donors (Lipinski definition) is 0. The summed E-state index contributed by atoms with van der Waals surface area (Å²) in [4.78, 5) is 29.6. The quantitative estimate of drug-likeness (QED) is 0.136. The zero-order valence-electron chi connectivity index (χ0n) is 23.7. The van der Waals surface area contributed by atoms with Crippen molar-refractivity contribution in [2.45, 2.75) is 118 Å². The molecule has 0 aromatic rings. The molecule has 0 amide bonds. The summed E-state index contributed by atoms with van der Waals surface area (Å²) in [5.74, 6) is -0.488. The van der Waals surface area contributed by atoms with Crippen LogP contribution in [0.1, 0.15) is 118 Å². The average Bonchev–Trinajstić information content (AvgIpc) is 3.29. The van der Waals surface area contributed by atoms with Crippen LogP contribution in [0.25, 0.3) is 0 Å². The first-order chi connectivity index (χ1) is 16.7. The molecular formula is C29H54N2O4. The van der Waals surface area contributed by atoms with Crippen LogP contribution in [0.4, 0.5) is 0 Å². The van der Waals surface area contributed by atoms with Crippen LogP contribution in [-0.4, -0.2) is 55.2 Å². The van der Waals surface area contributed by atoms with Crippen molar-refractivity contribution in [3.63, 3.8) is 0 Å². The van der Waals surface area contributed by atoms with Crippen LogP contribution in [0.15, 0.2) is 12.4 Å². The zero-order valence-corrected chi connectivity index (χ0v) is 23.7. The Kier molecular flexibility index (Phi) is 15.1. The van der Waals surface area contributed by atoms with Gasteiger partial charge in [-0.2, -0.15) is 0 Å². The molecule has 0 aromatic heterocycles. The highest BCUT2D eigenvalue weighted by molar-refractivity contribution is 5.80. The van der Waals surface area contributed by atoms with Gasteiger partial charge in [-0.05, 0) is 52.9 Å². The molecular weight excluding hydrogens is 440 g/mol. The lowest BCUT2D eigenvalue weighted by atomic mass is 9.72. The third kappa shape index (κ3) is 12.2. The molecule has 0 aliphatic carbocycles. The number of unbranched alkanes of at least 4 members (excludes halogenated alkanes) is 9. The van der Waals surface area contributed by atoms with E-state index in [9.17, 15) is 9.59 Å². The van der Waals surface area contributed by atoms with Gasteiger partial charge in [0.15, 0.2) is 0 Å². The van der Waals surface area contributed by atoms with E-state index in [2.05, 4.69) is 29.1 Å². The van der Waals surface area contributed by atoms with E-state index in [4.69, 9.17) is 9.47 Å². The molecule has 6 nitrogen and oxygen atoms in total. The Hall–Kier alpha value is -1.72. The van der Waals surface area contributed by atoms with Gasteiger partial charge in [-0.25, -0.2) is 0 Å². The summed E-state index contributed by atoms with van der Waals surface area (Å²) in [6.45, 7) is 13.7. The van der Waals surface area contributed by atoms with Gasteiger partial charge in [-0.3, -0.25) is 9.59 Å². The lowest BCUT2D eigenvalue weighted by Crippen LogP contribution is -2.38. The minimum absolute atomic E-state index is 0.223. The Morgan fingerprint density at radius 2 is 1.29 bits per heavy atom. The van der Waals surface area contributed by atoms with Gasteiger partial charge in [0.2, 0.25) is 0 Å². The Morgan fingerprint density at radius 1 is 0.771 bits per heavy atom. The maximum absolute atomic E-state index is 12.6. The van der Waals surface area contributed by atoms with Gasteiger partial charge in [-0.1, -0.05) is 65.2 Å². The zero-order chi connectivity index (χ0) is 26.2. The van der Waals surface area contributed by atoms with Gasteiger partial charge in [-0.15, -0.1) is 0 Å². The third-order valence-corrected chi connectivity index (χ3v) is 7.32. The van der Waals surface area contributed by atoms with E-state index in [1.54, 1.807) is 0 Å². The van der Waals surface area contributed by atoms with Crippen LogP contribution in [0.5, 0.6) is 0 Å². The molecule has 0 fully saturated rings. The number of methoxy groups -OCH3 is 1. The van der Waals surface area contributed by atoms with Crippen LogP contribution < -0.4 is 0 Å². The molecule has 35 heavy (non-hydrogen) atoms. The Bertz CT molecular complexity index is 634. The van der Waals surface area contributed by atoms with E-state index >= 15 is 0 Å². The molecule has 1 heterocycles. The second-order valence-corrected chi connectivity index (χ2v) is 11.2. The normalized spacial score (nSPS) is 15.4. The predicted octanol–water partition coefficient (Wildman–Crippen LogP) is 6.89. The van der Waals surface area contributed by atoms with Gasteiger partial charge in [0.1, 0.15) is 0 Å². The van der Waals surface area contributed by atoms with Crippen LogP contribution in [0.3, 0.4) is 0 Å². The fraction of sp³-hybridized carbons (Fsp3) is 0.862. The van der Waals surface area contributed by atoms with E-state index in [0.717, 1.165) is 19.5 Å². The molecule has 0 aromatic carbocycles. The first-order valence-corrected chi connectivity index (χ1v) is 14.1. The Morgan fingerprint density at radius 3 is 1.80 bits per heavy atom. The van der Waals surface area contributed by atoms with Crippen molar-refractivity contribution >= 4 is 11.9 Å². The maximum atomic E-state index is 12.6. The highest BCUT2D eigenvalue weighted by Crippen LogP contribution is 2.38. The summed E-state index contributed by atoms with van der Waals surface area (Å²) in [7, 11) is 1.40. The minimum atomic E-state index is -0.710. The number of esters is 2. The highest BCUT2D eigenvalue weighted by Gasteiger charge is 2.42. The molecule has 6 heteroatoms. The molecule has 204 valence electrons. The summed E-state index contributed by atoms with van der Waals surface area (Å²) in [5.41, 5.74) is -1.38. The molecule has 1 aliphatic heterocycles. The summed E-state index contributed by atoms with van der Waals surface area (Å²) in [5, 5.41) is 0. The second kappa shape index (κ2) is 16.9. The fourth-order valence-electron chi connectivity index (χ4n) is 4.82. The number of carbonyl (C=O) groups excluding carboxylic acids is 2. The summed E-state index contributed by atoms with van der Waals surface area (Å²) >= 11 is 0. The number of rotatable bonds is 20. The monoisotopic (exact) mass is 494 g/mol. The van der Waals surface area contributed by atoms with Crippen molar-refractivity contribution in [1.29, 1.82) is 0 Å². The molecule has 1 aliphatic rings. The summed E-state index contributed by atoms with van der Waals surface area (Å²) < 4.78 is 10.5. The van der Waals surface area contributed by atoms with Gasteiger partial charge >= 0.3 is 11.9 Å². The molecule has 0 saturated carbocycles. The molecule has 0 N–H and O–H groups in total. The van der Waals surface area contributed by atoms with Crippen LogP contribution >= 0.6 is 0 Å². The second-order valence-electron chi connectivity index (χ2n) is 11.2. The standard InChI is InChI=1S/C29H54N2O4/c1-7-9-19-30-21-22-31(25-30)20-17-15-13-11-10-12-14-16-18-23-35-26(32)28(3,4)24-29(5,8-2)27(33)34-6/h21-22H,7-20,23-25H2,1-6H3. The number of hydrogen-bond acceptors (Lipinski definition) is 6. The van der Waals surface area contributed by atoms with E-state index in [0.29, 0.717) is 19.4 Å². The van der Waals surface area contributed by atoms with Crippen LogP contribution in [-0.2, 0) is 19.1 Å². The lowest BCUT2D eigenvalue weighted by Gasteiger charge is -2.33. The first-order valence-electron chi connectivity index (χ1n) is 14.1. The number of carbonyl (C=O) groups is 2. The molecule has 1 unspecified atom stereocenters. The number of ether oxygens (including phenoxy) is 2. The fourth-order valence-corrected chi connectivity index (χ4v) is 4.82. The van der Waals surface area contributed by atoms with Crippen molar-refractivity contribution in [3.05, 3.63) is 12.4 Å². The molecule has 1 rings (SSSR count). The SMILES string of the molecule is CCCCN1C=CN(CCCCCCCCCCCOC(=O)C(C)(C)CC(C)(CC)C(=O)OC)C1. The van der Waals surface area contributed by atoms with Gasteiger partial charge in [0, 0.05) is 25.5 Å². The molecule has 0 bridgehead atoms. The smallest absolute Gasteiger partial charge is 0.311 e. The van der Waals surface area contributed by atoms with Crippen molar-refractivity contribution in [1.82, 2.24) is 9.80 Å². The summed E-state index contributed by atoms with van der Waals surface area (Å²) in [6, 6.07) is 0. The van der Waals surface area contributed by atoms with Gasteiger partial charge in [0.05, 0.1) is 31.2 Å². The van der Waals surface area contributed by atoms with Crippen LogP contribution in [0.2, 0.25) is 0 Å². The van der Waals surface area contributed by atoms with E-state index < -0.39 is 10.8 Å². The maximum Gasteiger partial charge on any atom is 0.311 e. The van der Waals surface area contributed by atoms with Crippen molar-refractivity contribution < 1.29 is 19.1 Å². The lowest BCUT2D eigenvalue weighted by molar-refractivity contribution is -0.161. The Labute approximate surface area is 215 Å². The van der Waals surface area contributed by atoms with Gasteiger partial charge < -0.3 is 19.3 Å². The summed E-state index contributed by atoms with van der Waals surface area (Å²) in [6.07, 6.45) is 19.1. The van der Waals surface area contributed by atoms with Crippen molar-refractivity contribution in [2.24, 2.45) is 10.8 Å². The topological polar surface area (TPSA) is 59.1 Å². The highest BCUT2D eigenvalue weighted by atomic mass is 16.5.